The summed E-state index contributed by atoms with van der Waals surface area (Å²) in [6.07, 6.45) is 1.07. The van der Waals surface area contributed by atoms with E-state index < -0.39 is 0 Å². The molecule has 2 aliphatic heterocycles. The van der Waals surface area contributed by atoms with Gasteiger partial charge in [0.2, 0.25) is 0 Å². The van der Waals surface area contributed by atoms with Gasteiger partial charge in [-0.15, -0.1) is 0 Å². The Hall–Kier alpha value is -2.34. The van der Waals surface area contributed by atoms with E-state index in [2.05, 4.69) is 52.8 Å². The molecule has 1 atom stereocenters. The Kier molecular flexibility index (Phi) is 4.81. The number of aromatic nitrogens is 1. The Morgan fingerprint density at radius 2 is 2.00 bits per heavy atom. The molecule has 28 heavy (non-hydrogen) atoms. The van der Waals surface area contributed by atoms with Crippen LogP contribution in [0.3, 0.4) is 0 Å². The predicted octanol–water partition coefficient (Wildman–Crippen LogP) is 1.83. The van der Waals surface area contributed by atoms with Gasteiger partial charge in [-0.25, -0.2) is 0 Å². The fourth-order valence-corrected chi connectivity index (χ4v) is 4.69. The van der Waals surface area contributed by atoms with Crippen LogP contribution in [0.15, 0.2) is 42.5 Å². The maximum Gasteiger partial charge on any atom is 0.127 e. The molecular formula is C23H28N3O2+. The third-order valence-electron chi connectivity index (χ3n) is 6.14. The van der Waals surface area contributed by atoms with Crippen LogP contribution < -0.4 is 15.0 Å². The number of fused-ring (bicyclic) bond motifs is 3. The number of hydrogen-bond acceptors (Lipinski definition) is 3. The zero-order chi connectivity index (χ0) is 18.9. The Labute approximate surface area is 165 Å². The maximum atomic E-state index is 5.67. The van der Waals surface area contributed by atoms with Gasteiger partial charge in [0.25, 0.3) is 0 Å². The first-order valence-corrected chi connectivity index (χ1v) is 10.2. The van der Waals surface area contributed by atoms with Gasteiger partial charge in [-0.1, -0.05) is 24.3 Å². The summed E-state index contributed by atoms with van der Waals surface area (Å²) in [4.78, 5) is 5.24. The van der Waals surface area contributed by atoms with Gasteiger partial charge in [0.1, 0.15) is 25.4 Å². The molecule has 1 fully saturated rings. The van der Waals surface area contributed by atoms with Crippen LogP contribution in [0.5, 0.6) is 5.75 Å². The van der Waals surface area contributed by atoms with E-state index in [4.69, 9.17) is 9.47 Å². The Balaban J connectivity index is 1.51. The van der Waals surface area contributed by atoms with Gasteiger partial charge in [0, 0.05) is 28.7 Å². The van der Waals surface area contributed by atoms with Crippen LogP contribution in [0.4, 0.5) is 0 Å². The molecule has 0 aliphatic carbocycles. The van der Waals surface area contributed by atoms with Crippen molar-refractivity contribution in [1.29, 1.82) is 0 Å². The molecule has 1 aromatic heterocycles. The molecule has 2 aliphatic rings. The third kappa shape index (κ3) is 3.20. The predicted molar refractivity (Wildman–Crippen MR) is 110 cm³/mol. The van der Waals surface area contributed by atoms with E-state index in [1.165, 1.54) is 33.3 Å². The number of quaternary nitrogens is 1. The van der Waals surface area contributed by atoms with Crippen molar-refractivity contribution in [2.24, 2.45) is 0 Å². The van der Waals surface area contributed by atoms with Crippen LogP contribution in [0, 0.1) is 0 Å². The molecular weight excluding hydrogens is 350 g/mol. The standard InChI is InChI=1S/C23H27N3O2/c1-27-21-7-6-16(14-17(21)15-26-10-12-28-13-11-26)22-23-19(8-9-24-22)18-4-2-3-5-20(18)25-23/h2-7,14,22,24-25H,8-13,15H2,1H3/p+1. The van der Waals surface area contributed by atoms with Crippen LogP contribution in [0.2, 0.25) is 0 Å². The second kappa shape index (κ2) is 7.59. The number of aromatic amines is 1. The molecule has 0 amide bonds. The van der Waals surface area contributed by atoms with Crippen molar-refractivity contribution in [3.05, 3.63) is 64.8 Å². The monoisotopic (exact) mass is 378 g/mol. The highest BCUT2D eigenvalue weighted by Crippen LogP contribution is 2.34. The molecule has 3 aromatic rings. The summed E-state index contributed by atoms with van der Waals surface area (Å²) in [7, 11) is 1.77. The lowest BCUT2D eigenvalue weighted by Gasteiger charge is -2.27. The number of benzene rings is 2. The van der Waals surface area contributed by atoms with Crippen molar-refractivity contribution in [2.75, 3.05) is 40.0 Å². The van der Waals surface area contributed by atoms with Gasteiger partial charge < -0.3 is 24.7 Å². The molecule has 5 nitrogen and oxygen atoms in total. The SMILES string of the molecule is COc1ccc(C2NCCc3c2[nH]c2ccccc32)cc1C[NH+]1CCOCC1. The maximum absolute atomic E-state index is 5.67. The first kappa shape index (κ1) is 17.7. The van der Waals surface area contributed by atoms with Crippen LogP contribution in [-0.2, 0) is 17.7 Å². The van der Waals surface area contributed by atoms with Crippen molar-refractivity contribution in [3.8, 4) is 5.75 Å². The molecule has 2 aromatic carbocycles. The van der Waals surface area contributed by atoms with Gasteiger partial charge in [0.05, 0.1) is 26.4 Å². The van der Waals surface area contributed by atoms with Gasteiger partial charge in [-0.05, 0) is 35.7 Å². The second-order valence-corrected chi connectivity index (χ2v) is 7.81. The van der Waals surface area contributed by atoms with E-state index in [9.17, 15) is 0 Å². The summed E-state index contributed by atoms with van der Waals surface area (Å²) < 4.78 is 11.2. The Morgan fingerprint density at radius 3 is 2.86 bits per heavy atom. The minimum absolute atomic E-state index is 0.195. The average Bonchev–Trinajstić information content (AvgIpc) is 3.13. The van der Waals surface area contributed by atoms with Crippen molar-refractivity contribution in [3.63, 3.8) is 0 Å². The summed E-state index contributed by atoms with van der Waals surface area (Å²) in [5.41, 5.74) is 6.57. The number of H-pyrrole nitrogens is 1. The Bertz CT molecular complexity index is 975. The number of para-hydroxylation sites is 1. The first-order valence-electron chi connectivity index (χ1n) is 10.2. The average molecular weight is 378 g/mol. The van der Waals surface area contributed by atoms with Crippen LogP contribution in [0.1, 0.15) is 28.4 Å². The highest BCUT2D eigenvalue weighted by atomic mass is 16.5. The lowest BCUT2D eigenvalue weighted by atomic mass is 9.93. The highest BCUT2D eigenvalue weighted by molar-refractivity contribution is 5.85. The molecule has 0 spiro atoms. The number of methoxy groups -OCH3 is 1. The minimum Gasteiger partial charge on any atom is -0.496 e. The van der Waals surface area contributed by atoms with E-state index in [1.54, 1.807) is 12.0 Å². The van der Waals surface area contributed by atoms with Crippen LogP contribution in [0.25, 0.3) is 10.9 Å². The topological polar surface area (TPSA) is 50.7 Å². The quantitative estimate of drug-likeness (QED) is 0.649. The van der Waals surface area contributed by atoms with Crippen molar-refractivity contribution < 1.29 is 14.4 Å². The van der Waals surface area contributed by atoms with Crippen molar-refractivity contribution in [2.45, 2.75) is 19.0 Å². The zero-order valence-corrected chi connectivity index (χ0v) is 16.4. The second-order valence-electron chi connectivity index (χ2n) is 7.81. The van der Waals surface area contributed by atoms with Gasteiger partial charge >= 0.3 is 0 Å². The van der Waals surface area contributed by atoms with Gasteiger partial charge in [0.15, 0.2) is 0 Å². The van der Waals surface area contributed by atoms with E-state index in [-0.39, 0.29) is 6.04 Å². The fourth-order valence-electron chi connectivity index (χ4n) is 4.69. The number of morpholine rings is 1. The molecule has 1 saturated heterocycles. The minimum atomic E-state index is 0.195. The third-order valence-corrected chi connectivity index (χ3v) is 6.14. The molecule has 146 valence electrons. The summed E-state index contributed by atoms with van der Waals surface area (Å²) in [5.74, 6) is 0.982. The largest absolute Gasteiger partial charge is 0.496 e. The lowest BCUT2D eigenvalue weighted by Crippen LogP contribution is -3.12. The first-order chi connectivity index (χ1) is 13.8. The molecule has 3 N–H and O–H groups in total. The molecule has 5 rings (SSSR count). The van der Waals surface area contributed by atoms with Crippen molar-refractivity contribution >= 4 is 10.9 Å². The lowest BCUT2D eigenvalue weighted by molar-refractivity contribution is -0.921. The normalized spacial score (nSPS) is 20.2. The summed E-state index contributed by atoms with van der Waals surface area (Å²) >= 11 is 0. The van der Waals surface area contributed by atoms with Crippen LogP contribution >= 0.6 is 0 Å². The van der Waals surface area contributed by atoms with Crippen LogP contribution in [-0.4, -0.2) is 44.9 Å². The van der Waals surface area contributed by atoms with Gasteiger partial charge in [-0.2, -0.15) is 0 Å². The highest BCUT2D eigenvalue weighted by Gasteiger charge is 2.26. The number of rotatable bonds is 4. The number of nitrogens with one attached hydrogen (secondary N) is 3. The smallest absolute Gasteiger partial charge is 0.127 e. The molecule has 3 heterocycles. The van der Waals surface area contributed by atoms with E-state index >= 15 is 0 Å². The van der Waals surface area contributed by atoms with E-state index in [1.807, 2.05) is 0 Å². The molecule has 5 heteroatoms. The number of ether oxygens (including phenoxy) is 2. The summed E-state index contributed by atoms with van der Waals surface area (Å²) in [6, 6.07) is 15.5. The summed E-state index contributed by atoms with van der Waals surface area (Å²) in [5, 5.41) is 5.08. The Morgan fingerprint density at radius 1 is 1.14 bits per heavy atom. The van der Waals surface area contributed by atoms with Crippen molar-refractivity contribution in [1.82, 2.24) is 10.3 Å². The molecule has 0 bridgehead atoms. The van der Waals surface area contributed by atoms with E-state index in [0.717, 1.165) is 51.6 Å². The van der Waals surface area contributed by atoms with E-state index in [0.29, 0.717) is 0 Å². The molecule has 0 saturated carbocycles. The molecule has 0 radical (unpaired) electrons. The summed E-state index contributed by atoms with van der Waals surface area (Å²) in [6.45, 7) is 5.78. The fraction of sp³-hybridized carbons (Fsp3) is 0.391. The zero-order valence-electron chi connectivity index (χ0n) is 16.4. The molecule has 1 unspecified atom stereocenters. The number of hydrogen-bond donors (Lipinski definition) is 3. The van der Waals surface area contributed by atoms with Gasteiger partial charge in [-0.3, -0.25) is 0 Å².